The zero-order valence-electron chi connectivity index (χ0n) is 9.94. The third-order valence-corrected chi connectivity index (χ3v) is 4.19. The highest BCUT2D eigenvalue weighted by Crippen LogP contribution is 2.39. The van der Waals surface area contributed by atoms with E-state index in [1.54, 1.807) is 0 Å². The SMILES string of the molecule is N[C@@H](c1c(O)cc(Cl)cc1Cl)[C@H](O)C1CCCC1. The zero-order valence-corrected chi connectivity index (χ0v) is 11.5. The van der Waals surface area contributed by atoms with Gasteiger partial charge in [0.05, 0.1) is 17.2 Å². The molecule has 0 aliphatic heterocycles. The van der Waals surface area contributed by atoms with Gasteiger partial charge in [0.1, 0.15) is 5.75 Å². The van der Waals surface area contributed by atoms with Crippen molar-refractivity contribution in [3.63, 3.8) is 0 Å². The van der Waals surface area contributed by atoms with Crippen LogP contribution in [0.4, 0.5) is 0 Å². The number of phenolic OH excluding ortho intramolecular Hbond substituents is 1. The molecule has 0 radical (unpaired) electrons. The van der Waals surface area contributed by atoms with Crippen LogP contribution in [0.5, 0.6) is 5.75 Å². The molecule has 1 aliphatic carbocycles. The first-order valence-corrected chi connectivity index (χ1v) is 6.88. The molecule has 4 N–H and O–H groups in total. The summed E-state index contributed by atoms with van der Waals surface area (Å²) in [5.41, 5.74) is 6.41. The fraction of sp³-hybridized carbons (Fsp3) is 0.538. The highest BCUT2D eigenvalue weighted by atomic mass is 35.5. The molecule has 0 saturated heterocycles. The first kappa shape index (κ1) is 13.9. The van der Waals surface area contributed by atoms with Crippen molar-refractivity contribution in [2.45, 2.75) is 37.8 Å². The molecule has 100 valence electrons. The molecular formula is C13H17Cl2NO2. The molecule has 0 amide bonds. The van der Waals surface area contributed by atoms with Crippen molar-refractivity contribution in [3.8, 4) is 5.75 Å². The van der Waals surface area contributed by atoms with Crippen LogP contribution in [-0.4, -0.2) is 16.3 Å². The van der Waals surface area contributed by atoms with Crippen LogP contribution in [0.15, 0.2) is 12.1 Å². The number of benzene rings is 1. The number of aromatic hydroxyl groups is 1. The number of hydrogen-bond acceptors (Lipinski definition) is 3. The molecule has 2 rings (SSSR count). The van der Waals surface area contributed by atoms with Crippen molar-refractivity contribution in [3.05, 3.63) is 27.7 Å². The second-order valence-corrected chi connectivity index (χ2v) is 5.72. The zero-order chi connectivity index (χ0) is 13.3. The molecule has 1 saturated carbocycles. The molecule has 0 unspecified atom stereocenters. The number of halogens is 2. The third kappa shape index (κ3) is 2.75. The Balaban J connectivity index is 2.24. The Hall–Kier alpha value is -0.480. The minimum Gasteiger partial charge on any atom is -0.507 e. The lowest BCUT2D eigenvalue weighted by molar-refractivity contribution is 0.0836. The molecule has 1 aromatic carbocycles. The van der Waals surface area contributed by atoms with E-state index in [4.69, 9.17) is 28.9 Å². The van der Waals surface area contributed by atoms with E-state index in [1.165, 1.54) is 12.1 Å². The van der Waals surface area contributed by atoms with Crippen molar-refractivity contribution in [1.82, 2.24) is 0 Å². The van der Waals surface area contributed by atoms with E-state index in [2.05, 4.69) is 0 Å². The molecule has 0 spiro atoms. The first-order chi connectivity index (χ1) is 8.50. The highest BCUT2D eigenvalue weighted by Gasteiger charge is 2.31. The maximum Gasteiger partial charge on any atom is 0.123 e. The average molecular weight is 290 g/mol. The second-order valence-electron chi connectivity index (χ2n) is 4.88. The molecule has 1 aliphatic rings. The van der Waals surface area contributed by atoms with Crippen LogP contribution in [0, 0.1) is 5.92 Å². The summed E-state index contributed by atoms with van der Waals surface area (Å²) in [5.74, 6) is 0.128. The van der Waals surface area contributed by atoms with Gasteiger partial charge in [-0.15, -0.1) is 0 Å². The van der Waals surface area contributed by atoms with Gasteiger partial charge >= 0.3 is 0 Å². The lowest BCUT2D eigenvalue weighted by Gasteiger charge is -2.25. The minimum atomic E-state index is -0.683. The topological polar surface area (TPSA) is 66.5 Å². The van der Waals surface area contributed by atoms with Gasteiger partial charge in [0, 0.05) is 10.6 Å². The van der Waals surface area contributed by atoms with Crippen molar-refractivity contribution < 1.29 is 10.2 Å². The quantitative estimate of drug-likeness (QED) is 0.800. The van der Waals surface area contributed by atoms with E-state index in [-0.39, 0.29) is 11.7 Å². The predicted molar refractivity (Wildman–Crippen MR) is 73.0 cm³/mol. The van der Waals surface area contributed by atoms with Gasteiger partial charge < -0.3 is 15.9 Å². The van der Waals surface area contributed by atoms with Crippen LogP contribution in [0.25, 0.3) is 0 Å². The van der Waals surface area contributed by atoms with Crippen LogP contribution >= 0.6 is 23.2 Å². The molecule has 1 aromatic rings. The number of aliphatic hydroxyl groups excluding tert-OH is 1. The average Bonchev–Trinajstić information content (AvgIpc) is 2.79. The van der Waals surface area contributed by atoms with E-state index in [0.29, 0.717) is 15.6 Å². The summed E-state index contributed by atoms with van der Waals surface area (Å²) >= 11 is 11.8. The van der Waals surface area contributed by atoms with Crippen LogP contribution in [-0.2, 0) is 0 Å². The lowest BCUT2D eigenvalue weighted by Crippen LogP contribution is -2.32. The molecule has 5 heteroatoms. The van der Waals surface area contributed by atoms with Crippen LogP contribution in [0.2, 0.25) is 10.0 Å². The predicted octanol–water partition coefficient (Wildman–Crippen LogP) is 3.25. The molecule has 0 heterocycles. The Morgan fingerprint density at radius 1 is 1.22 bits per heavy atom. The van der Waals surface area contributed by atoms with Crippen molar-refractivity contribution in [2.24, 2.45) is 11.7 Å². The van der Waals surface area contributed by atoms with Crippen LogP contribution in [0.3, 0.4) is 0 Å². The third-order valence-electron chi connectivity index (χ3n) is 3.66. The summed E-state index contributed by atoms with van der Waals surface area (Å²) < 4.78 is 0. The molecule has 0 bridgehead atoms. The van der Waals surface area contributed by atoms with E-state index in [0.717, 1.165) is 25.7 Å². The maximum absolute atomic E-state index is 10.3. The van der Waals surface area contributed by atoms with Gasteiger partial charge in [0.25, 0.3) is 0 Å². The first-order valence-electron chi connectivity index (χ1n) is 6.12. The Morgan fingerprint density at radius 3 is 2.39 bits per heavy atom. The molecule has 3 nitrogen and oxygen atoms in total. The Kier molecular flexibility index (Phi) is 4.38. The molecular weight excluding hydrogens is 273 g/mol. The fourth-order valence-electron chi connectivity index (χ4n) is 2.66. The van der Waals surface area contributed by atoms with Gasteiger partial charge in [-0.25, -0.2) is 0 Å². The van der Waals surface area contributed by atoms with Gasteiger partial charge in [-0.05, 0) is 30.9 Å². The van der Waals surface area contributed by atoms with E-state index >= 15 is 0 Å². The van der Waals surface area contributed by atoms with E-state index < -0.39 is 12.1 Å². The van der Waals surface area contributed by atoms with Crippen molar-refractivity contribution in [2.75, 3.05) is 0 Å². The van der Waals surface area contributed by atoms with Gasteiger partial charge in [-0.2, -0.15) is 0 Å². The summed E-state index contributed by atoms with van der Waals surface area (Å²) in [6.07, 6.45) is 3.50. The lowest BCUT2D eigenvalue weighted by atomic mass is 9.90. The number of rotatable bonds is 3. The standard InChI is InChI=1S/C13H17Cl2NO2/c14-8-5-9(15)11(10(17)6-8)12(16)13(18)7-3-1-2-4-7/h5-7,12-13,17-18H,1-4,16H2/t12-,13+/m0/s1. The smallest absolute Gasteiger partial charge is 0.123 e. The fourth-order valence-corrected chi connectivity index (χ4v) is 3.27. The molecule has 2 atom stereocenters. The van der Waals surface area contributed by atoms with E-state index in [1.807, 2.05) is 0 Å². The Bertz CT molecular complexity index is 410. The van der Waals surface area contributed by atoms with Crippen molar-refractivity contribution >= 4 is 23.2 Å². The van der Waals surface area contributed by atoms with Crippen molar-refractivity contribution in [1.29, 1.82) is 0 Å². The summed E-state index contributed by atoms with van der Waals surface area (Å²) in [6.45, 7) is 0. The molecule has 18 heavy (non-hydrogen) atoms. The molecule has 0 aromatic heterocycles. The second kappa shape index (κ2) is 5.66. The summed E-state index contributed by atoms with van der Waals surface area (Å²) in [4.78, 5) is 0. The van der Waals surface area contributed by atoms with Gasteiger partial charge in [0.15, 0.2) is 0 Å². The number of hydrogen-bond donors (Lipinski definition) is 3. The summed E-state index contributed by atoms with van der Waals surface area (Å²) in [6, 6.07) is 2.24. The van der Waals surface area contributed by atoms with Crippen LogP contribution < -0.4 is 5.73 Å². The molecule has 1 fully saturated rings. The van der Waals surface area contributed by atoms with Gasteiger partial charge in [0.2, 0.25) is 0 Å². The summed E-state index contributed by atoms with van der Waals surface area (Å²) in [5, 5.41) is 20.8. The number of aliphatic hydroxyl groups is 1. The normalized spacial score (nSPS) is 20.0. The Morgan fingerprint density at radius 2 is 1.83 bits per heavy atom. The van der Waals surface area contributed by atoms with Crippen LogP contribution in [0.1, 0.15) is 37.3 Å². The number of phenols is 1. The Labute approximate surface area is 117 Å². The monoisotopic (exact) mass is 289 g/mol. The minimum absolute atomic E-state index is 0.0583. The maximum atomic E-state index is 10.3. The highest BCUT2D eigenvalue weighted by molar-refractivity contribution is 6.35. The largest absolute Gasteiger partial charge is 0.507 e. The van der Waals surface area contributed by atoms with Gasteiger partial charge in [-0.3, -0.25) is 0 Å². The summed E-state index contributed by atoms with van der Waals surface area (Å²) in [7, 11) is 0. The van der Waals surface area contributed by atoms with Gasteiger partial charge in [-0.1, -0.05) is 36.0 Å². The number of nitrogens with two attached hydrogens (primary N) is 1. The van der Waals surface area contributed by atoms with E-state index in [9.17, 15) is 10.2 Å².